The third kappa shape index (κ3) is 3.23. The number of primary amides is 1. The first-order chi connectivity index (χ1) is 9.49. The topological polar surface area (TPSA) is 77.0 Å². The zero-order valence-electron chi connectivity index (χ0n) is 11.3. The van der Waals surface area contributed by atoms with Gasteiger partial charge in [-0.05, 0) is 24.7 Å². The summed E-state index contributed by atoms with van der Waals surface area (Å²) in [5.74, 6) is 0.376. The van der Waals surface area contributed by atoms with E-state index in [2.05, 4.69) is 26.0 Å². The fraction of sp³-hybridized carbons (Fsp3) is 0.308. The van der Waals surface area contributed by atoms with Crippen LogP contribution < -0.4 is 5.73 Å². The highest BCUT2D eigenvalue weighted by molar-refractivity contribution is 9.10. The van der Waals surface area contributed by atoms with Gasteiger partial charge >= 0.3 is 0 Å². The van der Waals surface area contributed by atoms with Crippen molar-refractivity contribution < 1.29 is 4.79 Å². The number of benzene rings is 1. The van der Waals surface area contributed by atoms with Gasteiger partial charge in [0.05, 0.1) is 6.54 Å². The molecule has 106 valence electrons. The standard InChI is InChI=1S/C13H16BrN5O/c1-18(7-11-16-8-17-19(11)2)12(13(15)20)9-4-3-5-10(14)6-9/h3-6,8,12H,7H2,1-2H3,(H2,15,20)/t12-/m0/s1. The molecular formula is C13H16BrN5O. The Morgan fingerprint density at radius 2 is 2.30 bits per heavy atom. The first-order valence-corrected chi connectivity index (χ1v) is 6.86. The van der Waals surface area contributed by atoms with E-state index < -0.39 is 11.9 Å². The molecule has 0 aliphatic heterocycles. The number of nitrogens with two attached hydrogens (primary N) is 1. The molecule has 0 saturated heterocycles. The van der Waals surface area contributed by atoms with Gasteiger partial charge in [-0.3, -0.25) is 14.4 Å². The van der Waals surface area contributed by atoms with Crippen LogP contribution in [0.5, 0.6) is 0 Å². The molecule has 1 aromatic heterocycles. The monoisotopic (exact) mass is 337 g/mol. The largest absolute Gasteiger partial charge is 0.368 e. The Labute approximate surface area is 125 Å². The number of aryl methyl sites for hydroxylation is 1. The predicted molar refractivity (Wildman–Crippen MR) is 78.5 cm³/mol. The van der Waals surface area contributed by atoms with Crippen LogP contribution in [-0.2, 0) is 18.4 Å². The first-order valence-electron chi connectivity index (χ1n) is 6.07. The van der Waals surface area contributed by atoms with E-state index in [1.165, 1.54) is 6.33 Å². The van der Waals surface area contributed by atoms with Crippen LogP contribution in [0.3, 0.4) is 0 Å². The number of likely N-dealkylation sites (N-methyl/N-ethyl adjacent to an activating group) is 1. The van der Waals surface area contributed by atoms with E-state index in [-0.39, 0.29) is 0 Å². The smallest absolute Gasteiger partial charge is 0.239 e. The number of aromatic nitrogens is 3. The zero-order valence-corrected chi connectivity index (χ0v) is 12.9. The molecule has 2 aromatic rings. The first kappa shape index (κ1) is 14.7. The molecule has 0 spiro atoms. The van der Waals surface area contributed by atoms with Gasteiger partial charge < -0.3 is 5.73 Å². The van der Waals surface area contributed by atoms with Gasteiger partial charge in [0.15, 0.2) is 0 Å². The highest BCUT2D eigenvalue weighted by Crippen LogP contribution is 2.23. The van der Waals surface area contributed by atoms with Crippen molar-refractivity contribution in [2.45, 2.75) is 12.6 Å². The van der Waals surface area contributed by atoms with Crippen molar-refractivity contribution in [2.24, 2.45) is 12.8 Å². The molecule has 7 heteroatoms. The van der Waals surface area contributed by atoms with Crippen LogP contribution in [0.25, 0.3) is 0 Å². The molecule has 1 amide bonds. The van der Waals surface area contributed by atoms with Crippen molar-refractivity contribution >= 4 is 21.8 Å². The van der Waals surface area contributed by atoms with Gasteiger partial charge in [-0.2, -0.15) is 5.10 Å². The lowest BCUT2D eigenvalue weighted by Crippen LogP contribution is -2.35. The Morgan fingerprint density at radius 1 is 1.55 bits per heavy atom. The second kappa shape index (κ2) is 6.15. The third-order valence-corrected chi connectivity index (χ3v) is 3.56. The molecule has 2 N–H and O–H groups in total. The van der Waals surface area contributed by atoms with Gasteiger partial charge in [0.2, 0.25) is 5.91 Å². The molecule has 0 saturated carbocycles. The summed E-state index contributed by atoms with van der Waals surface area (Å²) >= 11 is 3.40. The summed E-state index contributed by atoms with van der Waals surface area (Å²) in [6.07, 6.45) is 1.49. The summed E-state index contributed by atoms with van der Waals surface area (Å²) in [6.45, 7) is 0.483. The number of carbonyl (C=O) groups excluding carboxylic acids is 1. The van der Waals surface area contributed by atoms with Crippen LogP contribution >= 0.6 is 15.9 Å². The summed E-state index contributed by atoms with van der Waals surface area (Å²) in [5, 5.41) is 4.02. The molecule has 20 heavy (non-hydrogen) atoms. The summed E-state index contributed by atoms with van der Waals surface area (Å²) < 4.78 is 2.59. The Balaban J connectivity index is 2.25. The Kier molecular flexibility index (Phi) is 4.51. The van der Waals surface area contributed by atoms with Crippen molar-refractivity contribution in [1.82, 2.24) is 19.7 Å². The van der Waals surface area contributed by atoms with Gasteiger partial charge in [-0.25, -0.2) is 4.98 Å². The minimum absolute atomic E-state index is 0.396. The van der Waals surface area contributed by atoms with Gasteiger partial charge in [0.1, 0.15) is 18.2 Å². The number of nitrogens with zero attached hydrogens (tertiary/aromatic N) is 4. The second-order valence-electron chi connectivity index (χ2n) is 4.57. The SMILES string of the molecule is CN(Cc1ncnn1C)[C@H](C(N)=O)c1cccc(Br)c1. The number of carbonyl (C=O) groups is 1. The number of rotatable bonds is 5. The van der Waals surface area contributed by atoms with E-state index in [1.54, 1.807) is 4.68 Å². The molecule has 0 unspecified atom stereocenters. The number of hydrogen-bond donors (Lipinski definition) is 1. The fourth-order valence-electron chi connectivity index (χ4n) is 2.09. The van der Waals surface area contributed by atoms with E-state index in [0.717, 1.165) is 15.9 Å². The average molecular weight is 338 g/mol. The lowest BCUT2D eigenvalue weighted by molar-refractivity contribution is -0.123. The van der Waals surface area contributed by atoms with E-state index in [1.807, 2.05) is 43.3 Å². The molecule has 0 aliphatic carbocycles. The van der Waals surface area contributed by atoms with E-state index in [4.69, 9.17) is 5.73 Å². The van der Waals surface area contributed by atoms with Crippen LogP contribution in [0.2, 0.25) is 0 Å². The summed E-state index contributed by atoms with van der Waals surface area (Å²) in [4.78, 5) is 17.8. The Morgan fingerprint density at radius 3 is 2.85 bits per heavy atom. The minimum Gasteiger partial charge on any atom is -0.368 e. The maximum absolute atomic E-state index is 11.8. The van der Waals surface area contributed by atoms with E-state index in [9.17, 15) is 4.79 Å². The van der Waals surface area contributed by atoms with E-state index >= 15 is 0 Å². The zero-order chi connectivity index (χ0) is 14.7. The molecule has 0 aliphatic rings. The molecular weight excluding hydrogens is 322 g/mol. The molecule has 0 radical (unpaired) electrons. The summed E-state index contributed by atoms with van der Waals surface area (Å²) in [5.41, 5.74) is 6.39. The van der Waals surface area contributed by atoms with Crippen molar-refractivity contribution in [3.05, 3.63) is 46.5 Å². The minimum atomic E-state index is -0.510. The number of hydrogen-bond acceptors (Lipinski definition) is 4. The molecule has 6 nitrogen and oxygen atoms in total. The third-order valence-electron chi connectivity index (χ3n) is 3.07. The average Bonchev–Trinajstić information content (AvgIpc) is 2.74. The van der Waals surface area contributed by atoms with Crippen LogP contribution in [0.1, 0.15) is 17.4 Å². The lowest BCUT2D eigenvalue weighted by Gasteiger charge is -2.25. The number of halogens is 1. The van der Waals surface area contributed by atoms with Crippen LogP contribution in [-0.4, -0.2) is 32.6 Å². The molecule has 1 atom stereocenters. The summed E-state index contributed by atoms with van der Waals surface area (Å²) in [7, 11) is 3.65. The van der Waals surface area contributed by atoms with E-state index in [0.29, 0.717) is 6.54 Å². The second-order valence-corrected chi connectivity index (χ2v) is 5.49. The van der Waals surface area contributed by atoms with Crippen LogP contribution in [0.15, 0.2) is 35.1 Å². The van der Waals surface area contributed by atoms with Gasteiger partial charge in [-0.1, -0.05) is 28.1 Å². The highest BCUT2D eigenvalue weighted by atomic mass is 79.9. The normalized spacial score (nSPS) is 12.6. The van der Waals surface area contributed by atoms with Crippen LogP contribution in [0, 0.1) is 0 Å². The van der Waals surface area contributed by atoms with Crippen molar-refractivity contribution in [2.75, 3.05) is 7.05 Å². The molecule has 1 aromatic carbocycles. The highest BCUT2D eigenvalue weighted by Gasteiger charge is 2.24. The summed E-state index contributed by atoms with van der Waals surface area (Å²) in [6, 6.07) is 7.05. The van der Waals surface area contributed by atoms with Crippen LogP contribution in [0.4, 0.5) is 0 Å². The fourth-order valence-corrected chi connectivity index (χ4v) is 2.51. The van der Waals surface area contributed by atoms with Crippen molar-refractivity contribution in [1.29, 1.82) is 0 Å². The maximum atomic E-state index is 11.8. The molecule has 0 bridgehead atoms. The van der Waals surface area contributed by atoms with Gasteiger partial charge in [0.25, 0.3) is 0 Å². The molecule has 1 heterocycles. The van der Waals surface area contributed by atoms with Gasteiger partial charge in [-0.15, -0.1) is 0 Å². The lowest BCUT2D eigenvalue weighted by atomic mass is 10.1. The quantitative estimate of drug-likeness (QED) is 0.890. The van der Waals surface area contributed by atoms with Gasteiger partial charge in [0, 0.05) is 11.5 Å². The predicted octanol–water partition coefficient (Wildman–Crippen LogP) is 1.24. The Bertz CT molecular complexity index is 612. The molecule has 2 rings (SSSR count). The molecule has 0 fully saturated rings. The van der Waals surface area contributed by atoms with Crippen molar-refractivity contribution in [3.8, 4) is 0 Å². The number of amides is 1. The maximum Gasteiger partial charge on any atom is 0.239 e. The Hall–Kier alpha value is -1.73. The van der Waals surface area contributed by atoms with Crippen molar-refractivity contribution in [3.63, 3.8) is 0 Å².